The van der Waals surface area contributed by atoms with Crippen molar-refractivity contribution in [3.05, 3.63) is 70.3 Å². The molecule has 1 aliphatic carbocycles. The number of fused-ring (bicyclic) bond motifs is 7. The Hall–Kier alpha value is -3.22. The zero-order chi connectivity index (χ0) is 23.1. The van der Waals surface area contributed by atoms with Gasteiger partial charge < -0.3 is 19.5 Å². The molecule has 6 nitrogen and oxygen atoms in total. The molecular weight excluding hydrogens is 418 g/mol. The minimum Gasteiger partial charge on any atom is -0.483 e. The highest BCUT2D eigenvalue weighted by atomic mass is 16.7. The molecule has 0 aromatic heterocycles. The molecule has 1 saturated heterocycles. The van der Waals surface area contributed by atoms with Crippen LogP contribution in [-0.4, -0.2) is 42.7 Å². The van der Waals surface area contributed by atoms with Crippen molar-refractivity contribution in [2.45, 2.75) is 51.2 Å². The monoisotopic (exact) mass is 443 g/mol. The fraction of sp³-hybridized carbons (Fsp3) is 0.333. The van der Waals surface area contributed by atoms with E-state index in [1.165, 1.54) is 0 Å². The molecular formula is C27H25NO5. The third-order valence-electron chi connectivity index (χ3n) is 7.22. The van der Waals surface area contributed by atoms with Gasteiger partial charge in [-0.05, 0) is 49.7 Å². The van der Waals surface area contributed by atoms with Crippen molar-refractivity contribution in [2.75, 3.05) is 12.4 Å². The summed E-state index contributed by atoms with van der Waals surface area (Å²) in [6, 6.07) is 13.1. The van der Waals surface area contributed by atoms with Gasteiger partial charge in [0.05, 0.1) is 22.9 Å². The van der Waals surface area contributed by atoms with Gasteiger partial charge >= 0.3 is 0 Å². The first-order valence-corrected chi connectivity index (χ1v) is 11.2. The van der Waals surface area contributed by atoms with E-state index in [2.05, 4.69) is 5.32 Å². The number of ketones is 2. The Morgan fingerprint density at radius 3 is 2.55 bits per heavy atom. The van der Waals surface area contributed by atoms with E-state index in [0.717, 1.165) is 16.3 Å². The molecule has 1 fully saturated rings. The molecule has 33 heavy (non-hydrogen) atoms. The average molecular weight is 443 g/mol. The summed E-state index contributed by atoms with van der Waals surface area (Å²) in [4.78, 5) is 27.5. The van der Waals surface area contributed by atoms with E-state index in [9.17, 15) is 9.59 Å². The van der Waals surface area contributed by atoms with E-state index in [0.29, 0.717) is 40.1 Å². The second kappa shape index (κ2) is 6.89. The Kier molecular flexibility index (Phi) is 4.26. The summed E-state index contributed by atoms with van der Waals surface area (Å²) in [6.45, 7) is 6.01. The van der Waals surface area contributed by atoms with Crippen LogP contribution in [0, 0.1) is 6.92 Å². The molecule has 0 amide bonds. The van der Waals surface area contributed by atoms with Gasteiger partial charge in [-0.2, -0.15) is 0 Å². The average Bonchev–Trinajstić information content (AvgIpc) is 2.79. The van der Waals surface area contributed by atoms with Gasteiger partial charge in [-0.15, -0.1) is 0 Å². The van der Waals surface area contributed by atoms with Crippen molar-refractivity contribution in [3.8, 4) is 5.75 Å². The fourth-order valence-corrected chi connectivity index (χ4v) is 5.63. The van der Waals surface area contributed by atoms with Crippen LogP contribution in [0.4, 0.5) is 5.69 Å². The van der Waals surface area contributed by atoms with Crippen LogP contribution in [0.1, 0.15) is 57.7 Å². The van der Waals surface area contributed by atoms with Crippen LogP contribution in [0.5, 0.6) is 5.75 Å². The number of carbonyl (C=O) groups excluding carboxylic acids is 2. The molecule has 4 atom stereocenters. The fourth-order valence-electron chi connectivity index (χ4n) is 5.63. The van der Waals surface area contributed by atoms with Gasteiger partial charge in [0.2, 0.25) is 0 Å². The number of carbonyl (C=O) groups is 2. The van der Waals surface area contributed by atoms with Crippen LogP contribution >= 0.6 is 0 Å². The first-order chi connectivity index (χ1) is 15.8. The number of anilines is 1. The van der Waals surface area contributed by atoms with Gasteiger partial charge in [0.1, 0.15) is 11.9 Å². The maximum atomic E-state index is 13.8. The zero-order valence-electron chi connectivity index (χ0n) is 19.0. The molecule has 0 bridgehead atoms. The van der Waals surface area contributed by atoms with Crippen LogP contribution < -0.4 is 10.1 Å². The molecule has 6 heteroatoms. The standard InChI is InChI=1S/C27H25NO5/c1-13-5-7-16-15(11-13)6-8-17-21(16)24(29)18-9-10-19-23(22(18)25(17)30)28-27(3)12-20(31-4)32-14(2)26(27)33-19/h5-11,14,20,26,28H,12H2,1-4H3/t14-,20+,26-,27-/m0/s1. The van der Waals surface area contributed by atoms with Gasteiger partial charge in [0, 0.05) is 30.2 Å². The lowest BCUT2D eigenvalue weighted by molar-refractivity contribution is -0.220. The number of ether oxygens (including phenoxy) is 3. The number of aryl methyl sites for hydroxylation is 1. The van der Waals surface area contributed by atoms with E-state index in [-0.39, 0.29) is 30.1 Å². The highest BCUT2D eigenvalue weighted by Crippen LogP contribution is 2.47. The summed E-state index contributed by atoms with van der Waals surface area (Å²) in [5.41, 5.74) is 2.85. The Morgan fingerprint density at radius 2 is 1.76 bits per heavy atom. The van der Waals surface area contributed by atoms with Crippen LogP contribution in [0.25, 0.3) is 10.8 Å². The summed E-state index contributed by atoms with van der Waals surface area (Å²) in [5.74, 6) is 0.255. The molecule has 3 aromatic rings. The zero-order valence-corrected chi connectivity index (χ0v) is 19.0. The highest BCUT2D eigenvalue weighted by molar-refractivity contribution is 6.33. The Bertz CT molecular complexity index is 1360. The summed E-state index contributed by atoms with van der Waals surface area (Å²) in [7, 11) is 1.62. The molecule has 2 aliphatic heterocycles. The second-order valence-corrected chi connectivity index (χ2v) is 9.52. The lowest BCUT2D eigenvalue weighted by atomic mass is 9.78. The molecule has 2 heterocycles. The number of methoxy groups -OCH3 is 1. The van der Waals surface area contributed by atoms with E-state index in [4.69, 9.17) is 14.2 Å². The Balaban J connectivity index is 1.51. The molecule has 1 N–H and O–H groups in total. The molecule has 6 rings (SSSR count). The van der Waals surface area contributed by atoms with Gasteiger partial charge in [0.15, 0.2) is 17.9 Å². The van der Waals surface area contributed by atoms with E-state index < -0.39 is 5.54 Å². The summed E-state index contributed by atoms with van der Waals surface area (Å²) in [5, 5.41) is 5.32. The predicted octanol–water partition coefficient (Wildman–Crippen LogP) is 4.64. The minimum atomic E-state index is -0.523. The van der Waals surface area contributed by atoms with Crippen LogP contribution in [0.15, 0.2) is 42.5 Å². The van der Waals surface area contributed by atoms with Crippen molar-refractivity contribution in [1.82, 2.24) is 0 Å². The normalized spacial score (nSPS) is 27.7. The first kappa shape index (κ1) is 20.4. The number of rotatable bonds is 1. The molecule has 3 aromatic carbocycles. The maximum absolute atomic E-state index is 13.8. The van der Waals surface area contributed by atoms with Crippen molar-refractivity contribution in [2.24, 2.45) is 0 Å². The summed E-state index contributed by atoms with van der Waals surface area (Å²) >= 11 is 0. The minimum absolute atomic E-state index is 0.138. The van der Waals surface area contributed by atoms with Crippen molar-refractivity contribution in [1.29, 1.82) is 0 Å². The quantitative estimate of drug-likeness (QED) is 0.462. The molecule has 0 radical (unpaired) electrons. The third kappa shape index (κ3) is 2.81. The SMILES string of the molecule is CO[C@H]1C[C@]2(C)Nc3c(ccc4c3C(=O)c3ccc5cc(C)ccc5c3C4=O)O[C@H]2[C@H](C)O1. The second-order valence-electron chi connectivity index (χ2n) is 9.52. The van der Waals surface area contributed by atoms with Crippen molar-refractivity contribution < 1.29 is 23.8 Å². The third-order valence-corrected chi connectivity index (χ3v) is 7.22. The largest absolute Gasteiger partial charge is 0.483 e. The van der Waals surface area contributed by atoms with E-state index in [1.807, 2.05) is 45.0 Å². The van der Waals surface area contributed by atoms with Gasteiger partial charge in [-0.3, -0.25) is 9.59 Å². The number of hydrogen-bond donors (Lipinski definition) is 1. The highest BCUT2D eigenvalue weighted by Gasteiger charge is 2.51. The Labute approximate surface area is 191 Å². The topological polar surface area (TPSA) is 73.9 Å². The molecule has 0 spiro atoms. The number of hydrogen-bond acceptors (Lipinski definition) is 6. The van der Waals surface area contributed by atoms with Gasteiger partial charge in [-0.25, -0.2) is 0 Å². The smallest absolute Gasteiger partial charge is 0.196 e. The van der Waals surface area contributed by atoms with Gasteiger partial charge in [0.25, 0.3) is 0 Å². The number of benzene rings is 3. The van der Waals surface area contributed by atoms with Crippen LogP contribution in [0.3, 0.4) is 0 Å². The molecule has 0 saturated carbocycles. The molecule has 0 unspecified atom stereocenters. The summed E-state index contributed by atoms with van der Waals surface area (Å²) < 4.78 is 17.8. The van der Waals surface area contributed by atoms with Crippen LogP contribution in [0.2, 0.25) is 0 Å². The molecule has 3 aliphatic rings. The van der Waals surface area contributed by atoms with Crippen LogP contribution in [-0.2, 0) is 9.47 Å². The first-order valence-electron chi connectivity index (χ1n) is 11.2. The van der Waals surface area contributed by atoms with Crippen molar-refractivity contribution in [3.63, 3.8) is 0 Å². The lowest BCUT2D eigenvalue weighted by Gasteiger charge is -2.51. The predicted molar refractivity (Wildman–Crippen MR) is 124 cm³/mol. The summed E-state index contributed by atoms with van der Waals surface area (Å²) in [6.07, 6.45) is -0.308. The van der Waals surface area contributed by atoms with Crippen molar-refractivity contribution >= 4 is 28.0 Å². The van der Waals surface area contributed by atoms with Gasteiger partial charge in [-0.1, -0.05) is 29.8 Å². The Morgan fingerprint density at radius 1 is 1.03 bits per heavy atom. The lowest BCUT2D eigenvalue weighted by Crippen LogP contribution is -2.63. The van der Waals surface area contributed by atoms with E-state index in [1.54, 1.807) is 25.3 Å². The molecule has 168 valence electrons. The maximum Gasteiger partial charge on any atom is 0.196 e. The van der Waals surface area contributed by atoms with E-state index >= 15 is 0 Å². The number of nitrogens with one attached hydrogen (secondary N) is 1.